The molecule has 0 spiro atoms. The van der Waals surface area contributed by atoms with Crippen molar-refractivity contribution in [2.45, 2.75) is 36.8 Å². The molecule has 1 amide bonds. The van der Waals surface area contributed by atoms with Crippen LogP contribution in [0.2, 0.25) is 10.0 Å². The van der Waals surface area contributed by atoms with Crippen LogP contribution in [0.4, 0.5) is 0 Å². The molecule has 2 aliphatic rings. The van der Waals surface area contributed by atoms with Crippen LogP contribution in [-0.2, 0) is 5.60 Å². The van der Waals surface area contributed by atoms with E-state index in [4.69, 9.17) is 23.2 Å². The third-order valence-electron chi connectivity index (χ3n) is 7.75. The number of carbonyl (C=O) groups excluding carboxylic acids is 1. The highest BCUT2D eigenvalue weighted by Crippen LogP contribution is 2.45. The van der Waals surface area contributed by atoms with Gasteiger partial charge in [-0.1, -0.05) is 77.8 Å². The molecule has 2 atom stereocenters. The van der Waals surface area contributed by atoms with Crippen LogP contribution in [-0.4, -0.2) is 47.5 Å². The molecule has 5 rings (SSSR count). The monoisotopic (exact) mass is 508 g/mol. The molecule has 3 aromatic carbocycles. The number of likely N-dealkylation sites (N-methyl/N-ethyl adjacent to an activating group) is 1. The van der Waals surface area contributed by atoms with E-state index in [-0.39, 0.29) is 17.9 Å². The number of likely N-dealkylation sites (tertiary alicyclic amines) is 1. The smallest absolute Gasteiger partial charge is 0.254 e. The molecule has 0 radical (unpaired) electrons. The van der Waals surface area contributed by atoms with Crippen molar-refractivity contribution in [2.24, 2.45) is 0 Å². The number of hydrogen-bond donors (Lipinski definition) is 1. The molecule has 0 unspecified atom stereocenters. The first-order chi connectivity index (χ1) is 16.9. The first kappa shape index (κ1) is 24.3. The van der Waals surface area contributed by atoms with Gasteiger partial charge in [-0.05, 0) is 60.7 Å². The lowest BCUT2D eigenvalue weighted by Crippen LogP contribution is -2.43. The van der Waals surface area contributed by atoms with Crippen LogP contribution in [0.5, 0.6) is 0 Å². The second kappa shape index (κ2) is 9.94. The van der Waals surface area contributed by atoms with Gasteiger partial charge in [-0.15, -0.1) is 0 Å². The van der Waals surface area contributed by atoms with E-state index in [1.54, 1.807) is 0 Å². The van der Waals surface area contributed by atoms with Crippen LogP contribution in [0, 0.1) is 0 Å². The average molecular weight is 509 g/mol. The average Bonchev–Trinajstić information content (AvgIpc) is 3.13. The van der Waals surface area contributed by atoms with Gasteiger partial charge in [-0.2, -0.15) is 0 Å². The minimum Gasteiger partial charge on any atom is -0.385 e. The Morgan fingerprint density at radius 2 is 1.66 bits per heavy atom. The fourth-order valence-corrected chi connectivity index (χ4v) is 6.02. The summed E-state index contributed by atoms with van der Waals surface area (Å²) in [4.78, 5) is 17.3. The first-order valence-electron chi connectivity index (χ1n) is 12.2. The number of rotatable bonds is 6. The Morgan fingerprint density at radius 1 is 0.971 bits per heavy atom. The Balaban J connectivity index is 1.36. The summed E-state index contributed by atoms with van der Waals surface area (Å²) in [6.45, 7) is 2.53. The van der Waals surface area contributed by atoms with Gasteiger partial charge in [0.1, 0.15) is 0 Å². The van der Waals surface area contributed by atoms with E-state index in [9.17, 15) is 9.90 Å². The Labute approximate surface area is 217 Å². The lowest BCUT2D eigenvalue weighted by Gasteiger charge is -2.39. The maximum absolute atomic E-state index is 13.0. The molecular weight excluding hydrogens is 479 g/mol. The largest absolute Gasteiger partial charge is 0.385 e. The number of benzene rings is 3. The summed E-state index contributed by atoms with van der Waals surface area (Å²) in [6, 6.07) is 23.6. The summed E-state index contributed by atoms with van der Waals surface area (Å²) < 4.78 is 0. The number of carbonyl (C=O) groups is 1. The van der Waals surface area contributed by atoms with Crippen LogP contribution < -0.4 is 0 Å². The van der Waals surface area contributed by atoms with E-state index in [1.165, 1.54) is 0 Å². The number of nitrogens with zero attached hydrogens (tertiary/aromatic N) is 2. The standard InChI is InChI=1S/C29H30Cl2N2O2/c1-32-27(23-9-5-6-10-24(23)28(32)34)22(20-11-12-25(30)26(31)19-20)13-16-33-17-14-29(35,15-18-33)21-7-3-2-4-8-21/h2-12,19,22,27,35H,13-18H2,1H3/t22-,27+/m0/s1. The number of aliphatic hydroxyl groups is 1. The Kier molecular flexibility index (Phi) is 6.91. The van der Waals surface area contributed by atoms with E-state index in [1.807, 2.05) is 78.7 Å². The van der Waals surface area contributed by atoms with Crippen LogP contribution in [0.15, 0.2) is 72.8 Å². The Bertz CT molecular complexity index is 1210. The van der Waals surface area contributed by atoms with Crippen molar-refractivity contribution in [1.29, 1.82) is 0 Å². The van der Waals surface area contributed by atoms with E-state index in [0.717, 1.165) is 48.3 Å². The lowest BCUT2D eigenvalue weighted by atomic mass is 9.83. The van der Waals surface area contributed by atoms with E-state index in [2.05, 4.69) is 11.0 Å². The van der Waals surface area contributed by atoms with Gasteiger partial charge in [0.25, 0.3) is 5.91 Å². The third-order valence-corrected chi connectivity index (χ3v) is 8.49. The molecule has 3 aromatic rings. The van der Waals surface area contributed by atoms with Crippen molar-refractivity contribution >= 4 is 29.1 Å². The van der Waals surface area contributed by atoms with Gasteiger partial charge in [-0.25, -0.2) is 0 Å². The zero-order valence-corrected chi connectivity index (χ0v) is 21.3. The lowest BCUT2D eigenvalue weighted by molar-refractivity contribution is -0.0266. The summed E-state index contributed by atoms with van der Waals surface area (Å²) >= 11 is 12.6. The van der Waals surface area contributed by atoms with Crippen LogP contribution in [0.1, 0.15) is 58.3 Å². The molecule has 1 N–H and O–H groups in total. The van der Waals surface area contributed by atoms with E-state index < -0.39 is 5.60 Å². The molecule has 1 saturated heterocycles. The minimum absolute atomic E-state index is 0.0570. The molecule has 0 saturated carbocycles. The zero-order chi connectivity index (χ0) is 24.6. The SMILES string of the molecule is CN1C(=O)c2ccccc2[C@H]1[C@@H](CCN1CCC(O)(c2ccccc2)CC1)c1ccc(Cl)c(Cl)c1. The van der Waals surface area contributed by atoms with Gasteiger partial charge in [-0.3, -0.25) is 4.79 Å². The van der Waals surface area contributed by atoms with Gasteiger partial charge in [0.05, 0.1) is 21.7 Å². The fourth-order valence-electron chi connectivity index (χ4n) is 5.72. The number of piperidine rings is 1. The molecular formula is C29H30Cl2N2O2. The van der Waals surface area contributed by atoms with Gasteiger partial charge < -0.3 is 14.9 Å². The van der Waals surface area contributed by atoms with Gasteiger partial charge in [0.2, 0.25) is 0 Å². The van der Waals surface area contributed by atoms with Gasteiger partial charge in [0, 0.05) is 31.6 Å². The van der Waals surface area contributed by atoms with E-state index >= 15 is 0 Å². The van der Waals surface area contributed by atoms with Crippen molar-refractivity contribution in [3.05, 3.63) is 105 Å². The second-order valence-electron chi connectivity index (χ2n) is 9.76. The first-order valence-corrected chi connectivity index (χ1v) is 12.9. The van der Waals surface area contributed by atoms with Crippen molar-refractivity contribution < 1.29 is 9.90 Å². The van der Waals surface area contributed by atoms with Gasteiger partial charge >= 0.3 is 0 Å². The molecule has 0 aliphatic carbocycles. The van der Waals surface area contributed by atoms with Crippen LogP contribution >= 0.6 is 23.2 Å². The minimum atomic E-state index is -0.766. The predicted octanol–water partition coefficient (Wildman–Crippen LogP) is 6.28. The van der Waals surface area contributed by atoms with Gasteiger partial charge in [0.15, 0.2) is 0 Å². The molecule has 0 aromatic heterocycles. The normalized spacial score (nSPS) is 20.6. The quantitative estimate of drug-likeness (QED) is 0.426. The van der Waals surface area contributed by atoms with Crippen molar-refractivity contribution in [2.75, 3.05) is 26.7 Å². The second-order valence-corrected chi connectivity index (χ2v) is 10.6. The highest BCUT2D eigenvalue weighted by Gasteiger charge is 2.40. The van der Waals surface area contributed by atoms with E-state index in [0.29, 0.717) is 22.9 Å². The van der Waals surface area contributed by atoms with Crippen LogP contribution in [0.3, 0.4) is 0 Å². The molecule has 182 valence electrons. The molecule has 35 heavy (non-hydrogen) atoms. The summed E-state index contributed by atoms with van der Waals surface area (Å²) in [7, 11) is 1.89. The number of fused-ring (bicyclic) bond motifs is 1. The third kappa shape index (κ3) is 4.73. The van der Waals surface area contributed by atoms with Crippen molar-refractivity contribution in [3.63, 3.8) is 0 Å². The molecule has 0 bridgehead atoms. The maximum Gasteiger partial charge on any atom is 0.254 e. The fraction of sp³-hybridized carbons (Fsp3) is 0.345. The van der Waals surface area contributed by atoms with Crippen molar-refractivity contribution in [1.82, 2.24) is 9.80 Å². The Hall–Kier alpha value is -2.37. The molecule has 4 nitrogen and oxygen atoms in total. The molecule has 2 heterocycles. The summed E-state index contributed by atoms with van der Waals surface area (Å²) in [6.07, 6.45) is 2.27. The maximum atomic E-state index is 13.0. The number of halogens is 2. The zero-order valence-electron chi connectivity index (χ0n) is 19.8. The van der Waals surface area contributed by atoms with Crippen LogP contribution in [0.25, 0.3) is 0 Å². The molecule has 2 aliphatic heterocycles. The number of amides is 1. The topological polar surface area (TPSA) is 43.8 Å². The summed E-state index contributed by atoms with van der Waals surface area (Å²) in [5, 5.41) is 12.3. The molecule has 6 heteroatoms. The highest BCUT2D eigenvalue weighted by molar-refractivity contribution is 6.42. The predicted molar refractivity (Wildman–Crippen MR) is 141 cm³/mol. The summed E-state index contributed by atoms with van der Waals surface area (Å²) in [5.41, 5.74) is 3.15. The highest BCUT2D eigenvalue weighted by atomic mass is 35.5. The number of hydrogen-bond acceptors (Lipinski definition) is 3. The molecule has 1 fully saturated rings. The Morgan fingerprint density at radius 3 is 2.37 bits per heavy atom. The summed E-state index contributed by atoms with van der Waals surface area (Å²) in [5.74, 6) is 0.124. The van der Waals surface area contributed by atoms with Crippen molar-refractivity contribution in [3.8, 4) is 0 Å².